The van der Waals surface area contributed by atoms with Crippen LogP contribution in [0.4, 0.5) is 0 Å². The van der Waals surface area contributed by atoms with Gasteiger partial charge in [0, 0.05) is 15.4 Å². The van der Waals surface area contributed by atoms with Crippen LogP contribution < -0.4 is 0 Å². The second-order valence-corrected chi connectivity index (χ2v) is 17.5. The standard InChI is InChI=1S/C15H39NO2Si3/c1-8-17-20(5)13-9-11-19(4)12-10-14-21(6,7)18-15-16(2)3/h19-20H,8-15H2,1-7H3/t19-,20+/m0/s1. The van der Waals surface area contributed by atoms with Crippen LogP contribution in [0.1, 0.15) is 19.8 Å². The molecular formula is C15H39NO2Si3. The predicted molar refractivity (Wildman–Crippen MR) is 103 cm³/mol. The highest BCUT2D eigenvalue weighted by Gasteiger charge is 2.22. The van der Waals surface area contributed by atoms with Crippen LogP contribution in [0, 0.1) is 0 Å². The van der Waals surface area contributed by atoms with Gasteiger partial charge in [-0.15, -0.1) is 0 Å². The van der Waals surface area contributed by atoms with Gasteiger partial charge in [0.15, 0.2) is 17.4 Å². The first-order chi connectivity index (χ1) is 9.76. The summed E-state index contributed by atoms with van der Waals surface area (Å²) in [6.45, 7) is 13.4. The van der Waals surface area contributed by atoms with Crippen LogP contribution in [0.15, 0.2) is 0 Å². The van der Waals surface area contributed by atoms with E-state index in [4.69, 9.17) is 8.85 Å². The fraction of sp³-hybridized carbons (Fsp3) is 1.00. The normalized spacial score (nSPS) is 15.4. The lowest BCUT2D eigenvalue weighted by atomic mass is 10.6. The van der Waals surface area contributed by atoms with Gasteiger partial charge in [0.1, 0.15) is 0 Å². The van der Waals surface area contributed by atoms with E-state index in [1.54, 1.807) is 0 Å². The first-order valence-electron chi connectivity index (χ1n) is 8.67. The summed E-state index contributed by atoms with van der Waals surface area (Å²) in [6, 6.07) is 5.69. The zero-order valence-corrected chi connectivity index (χ0v) is 18.9. The maximum atomic E-state index is 6.08. The molecule has 6 heteroatoms. The summed E-state index contributed by atoms with van der Waals surface area (Å²) in [7, 11) is 1.41. The quantitative estimate of drug-likeness (QED) is 0.373. The van der Waals surface area contributed by atoms with Crippen molar-refractivity contribution in [1.29, 1.82) is 0 Å². The van der Waals surface area contributed by atoms with Gasteiger partial charge >= 0.3 is 0 Å². The van der Waals surface area contributed by atoms with Crippen LogP contribution >= 0.6 is 0 Å². The average molecular weight is 350 g/mol. The van der Waals surface area contributed by atoms with E-state index in [-0.39, 0.29) is 0 Å². The molecule has 0 saturated heterocycles. The van der Waals surface area contributed by atoms with Crippen molar-refractivity contribution >= 4 is 26.2 Å². The van der Waals surface area contributed by atoms with Gasteiger partial charge in [-0.25, -0.2) is 0 Å². The zero-order valence-electron chi connectivity index (χ0n) is 15.6. The van der Waals surface area contributed by atoms with Gasteiger partial charge in [0.25, 0.3) is 0 Å². The monoisotopic (exact) mass is 349 g/mol. The molecule has 0 aliphatic carbocycles. The number of hydrogen-bond donors (Lipinski definition) is 0. The Hall–Kier alpha value is 0.531. The molecule has 0 aromatic heterocycles. The molecular weight excluding hydrogens is 310 g/mol. The Kier molecular flexibility index (Phi) is 12.3. The van der Waals surface area contributed by atoms with Gasteiger partial charge in [0.05, 0.1) is 6.73 Å². The van der Waals surface area contributed by atoms with Crippen LogP contribution in [0.5, 0.6) is 0 Å². The Morgan fingerprint density at radius 2 is 1.62 bits per heavy atom. The molecule has 2 atom stereocenters. The second kappa shape index (κ2) is 12.0. The molecule has 0 aromatic carbocycles. The lowest BCUT2D eigenvalue weighted by molar-refractivity contribution is 0.171. The van der Waals surface area contributed by atoms with Crippen LogP contribution in [0.3, 0.4) is 0 Å². The van der Waals surface area contributed by atoms with Crippen LogP contribution in [-0.4, -0.2) is 58.5 Å². The molecule has 3 nitrogen and oxygen atoms in total. The van der Waals surface area contributed by atoms with Crippen molar-refractivity contribution in [2.24, 2.45) is 0 Å². The molecule has 0 N–H and O–H groups in total. The third-order valence-electron chi connectivity index (χ3n) is 3.95. The number of nitrogens with zero attached hydrogens (tertiary/aromatic N) is 1. The van der Waals surface area contributed by atoms with Crippen molar-refractivity contribution in [2.75, 3.05) is 27.4 Å². The SMILES string of the molecule is CCO[Si@H](C)CCC[Si@H](C)CCC[Si](C)(C)OCN(C)C. The predicted octanol–water partition coefficient (Wildman–Crippen LogP) is 3.75. The van der Waals surface area contributed by atoms with Gasteiger partial charge in [-0.1, -0.05) is 31.5 Å². The summed E-state index contributed by atoms with van der Waals surface area (Å²) in [5.74, 6) is 0. The molecule has 0 fully saturated rings. The van der Waals surface area contributed by atoms with Crippen molar-refractivity contribution in [3.8, 4) is 0 Å². The van der Waals surface area contributed by atoms with E-state index in [2.05, 4.69) is 52.1 Å². The second-order valence-electron chi connectivity index (χ2n) is 7.31. The molecule has 0 rings (SSSR count). The van der Waals surface area contributed by atoms with Crippen LogP contribution in [0.2, 0.25) is 50.4 Å². The van der Waals surface area contributed by atoms with Gasteiger partial charge in [-0.3, -0.25) is 4.90 Å². The summed E-state index contributed by atoms with van der Waals surface area (Å²) < 4.78 is 11.8. The molecule has 0 saturated carbocycles. The summed E-state index contributed by atoms with van der Waals surface area (Å²) in [6.07, 6.45) is 2.80. The smallest absolute Gasteiger partial charge is 0.188 e. The Morgan fingerprint density at radius 3 is 2.19 bits per heavy atom. The molecule has 0 bridgehead atoms. The lowest BCUT2D eigenvalue weighted by Crippen LogP contribution is -2.34. The highest BCUT2D eigenvalue weighted by Crippen LogP contribution is 2.18. The molecule has 0 unspecified atom stereocenters. The highest BCUT2D eigenvalue weighted by atomic mass is 28.4. The van der Waals surface area contributed by atoms with E-state index in [9.17, 15) is 0 Å². The third-order valence-corrected chi connectivity index (χ3v) is 11.3. The van der Waals surface area contributed by atoms with Gasteiger partial charge < -0.3 is 8.85 Å². The van der Waals surface area contributed by atoms with Gasteiger partial charge in [0.2, 0.25) is 0 Å². The Labute approximate surface area is 137 Å². The molecule has 0 radical (unpaired) electrons. The minimum Gasteiger partial charge on any atom is -0.421 e. The van der Waals surface area contributed by atoms with E-state index < -0.39 is 26.2 Å². The van der Waals surface area contributed by atoms with E-state index in [1.165, 1.54) is 37.0 Å². The van der Waals surface area contributed by atoms with Crippen molar-refractivity contribution in [3.05, 3.63) is 0 Å². The Bertz CT molecular complexity index is 253. The van der Waals surface area contributed by atoms with Crippen molar-refractivity contribution < 1.29 is 8.85 Å². The largest absolute Gasteiger partial charge is 0.421 e. The zero-order chi connectivity index (χ0) is 16.3. The molecule has 21 heavy (non-hydrogen) atoms. The molecule has 0 aliphatic rings. The molecule has 0 amide bonds. The summed E-state index contributed by atoms with van der Waals surface area (Å²) in [5, 5.41) is 0. The molecule has 0 spiro atoms. The molecule has 0 aromatic rings. The molecule has 0 heterocycles. The lowest BCUT2D eigenvalue weighted by Gasteiger charge is -2.25. The topological polar surface area (TPSA) is 21.7 Å². The van der Waals surface area contributed by atoms with Crippen LogP contribution in [-0.2, 0) is 8.85 Å². The maximum Gasteiger partial charge on any atom is 0.188 e. The average Bonchev–Trinajstić information content (AvgIpc) is 2.36. The maximum absolute atomic E-state index is 6.08. The molecule has 0 aliphatic heterocycles. The Balaban J connectivity index is 3.66. The summed E-state index contributed by atoms with van der Waals surface area (Å²) in [4.78, 5) is 2.12. The van der Waals surface area contributed by atoms with E-state index in [1.807, 2.05) is 0 Å². The van der Waals surface area contributed by atoms with Gasteiger partial charge in [-0.2, -0.15) is 0 Å². The van der Waals surface area contributed by atoms with E-state index >= 15 is 0 Å². The van der Waals surface area contributed by atoms with Crippen molar-refractivity contribution in [2.45, 2.75) is 70.1 Å². The Morgan fingerprint density at radius 1 is 1.00 bits per heavy atom. The minimum absolute atomic E-state index is 0.487. The number of rotatable bonds is 13. The van der Waals surface area contributed by atoms with Gasteiger partial charge in [-0.05, 0) is 52.7 Å². The minimum atomic E-state index is -1.43. The van der Waals surface area contributed by atoms with Crippen LogP contribution in [0.25, 0.3) is 0 Å². The summed E-state index contributed by atoms with van der Waals surface area (Å²) >= 11 is 0. The fourth-order valence-electron chi connectivity index (χ4n) is 2.52. The van der Waals surface area contributed by atoms with E-state index in [0.717, 1.165) is 13.3 Å². The first-order valence-corrected chi connectivity index (χ1v) is 17.0. The van der Waals surface area contributed by atoms with Crippen molar-refractivity contribution in [1.82, 2.24) is 4.90 Å². The third kappa shape index (κ3) is 13.9. The molecule has 128 valence electrons. The van der Waals surface area contributed by atoms with E-state index in [0.29, 0.717) is 0 Å². The summed E-state index contributed by atoms with van der Waals surface area (Å²) in [5.41, 5.74) is 0. The first kappa shape index (κ1) is 21.5. The number of hydrogen-bond acceptors (Lipinski definition) is 3. The van der Waals surface area contributed by atoms with Crippen molar-refractivity contribution in [3.63, 3.8) is 0 Å². The fourth-order valence-corrected chi connectivity index (χ4v) is 8.87. The highest BCUT2D eigenvalue weighted by molar-refractivity contribution is 6.71.